The maximum Gasteiger partial charge on any atom is 0.262 e. The summed E-state index contributed by atoms with van der Waals surface area (Å²) in [5, 5.41) is 1.78. The molecule has 4 rings (SSSR count). The van der Waals surface area contributed by atoms with Gasteiger partial charge in [0.15, 0.2) is 0 Å². The molecule has 0 aliphatic rings. The molecule has 0 fully saturated rings. The molecule has 5 nitrogen and oxygen atoms in total. The first-order valence-corrected chi connectivity index (χ1v) is 9.13. The van der Waals surface area contributed by atoms with Gasteiger partial charge in [-0.05, 0) is 36.8 Å². The van der Waals surface area contributed by atoms with Gasteiger partial charge in [0.2, 0.25) is 0 Å². The number of methoxy groups -OCH3 is 1. The molecule has 1 N–H and O–H groups in total. The van der Waals surface area contributed by atoms with Gasteiger partial charge < -0.3 is 9.72 Å². The van der Waals surface area contributed by atoms with Crippen molar-refractivity contribution in [1.82, 2.24) is 14.5 Å². The van der Waals surface area contributed by atoms with E-state index in [1.165, 1.54) is 4.88 Å². The number of H-pyrrole nitrogens is 1. The van der Waals surface area contributed by atoms with E-state index in [0.29, 0.717) is 11.9 Å². The SMILES string of the molecule is CCCc1cc2c(=O)n(Cc3cc4cc(OC)ccc4[nH]3)cnc2s1. The summed E-state index contributed by atoms with van der Waals surface area (Å²) >= 11 is 1.61. The highest BCUT2D eigenvalue weighted by atomic mass is 32.1. The third-order valence-electron chi connectivity index (χ3n) is 4.29. The molecule has 0 atom stereocenters. The van der Waals surface area contributed by atoms with E-state index in [4.69, 9.17) is 4.74 Å². The summed E-state index contributed by atoms with van der Waals surface area (Å²) in [7, 11) is 1.66. The predicted molar refractivity (Wildman–Crippen MR) is 102 cm³/mol. The molecule has 0 amide bonds. The Bertz CT molecular complexity index is 1110. The van der Waals surface area contributed by atoms with Crippen molar-refractivity contribution in [2.45, 2.75) is 26.3 Å². The van der Waals surface area contributed by atoms with Crippen molar-refractivity contribution in [3.8, 4) is 5.75 Å². The molecule has 0 aliphatic carbocycles. The second-order valence-corrected chi connectivity index (χ2v) is 7.22. The average Bonchev–Trinajstić information content (AvgIpc) is 3.20. The van der Waals surface area contributed by atoms with Gasteiger partial charge >= 0.3 is 0 Å². The van der Waals surface area contributed by atoms with E-state index in [1.54, 1.807) is 29.3 Å². The summed E-state index contributed by atoms with van der Waals surface area (Å²) in [4.78, 5) is 22.6. The first-order valence-electron chi connectivity index (χ1n) is 8.31. The van der Waals surface area contributed by atoms with Gasteiger partial charge in [-0.2, -0.15) is 0 Å². The van der Waals surface area contributed by atoms with Gasteiger partial charge in [0.25, 0.3) is 5.56 Å². The maximum atomic E-state index is 12.8. The first-order chi connectivity index (χ1) is 12.2. The van der Waals surface area contributed by atoms with E-state index in [2.05, 4.69) is 16.9 Å². The number of ether oxygens (including phenoxy) is 1. The molecule has 25 heavy (non-hydrogen) atoms. The van der Waals surface area contributed by atoms with Crippen molar-refractivity contribution in [1.29, 1.82) is 0 Å². The lowest BCUT2D eigenvalue weighted by Crippen LogP contribution is -2.20. The number of hydrogen-bond acceptors (Lipinski definition) is 4. The van der Waals surface area contributed by atoms with Crippen LogP contribution in [0, 0.1) is 0 Å². The van der Waals surface area contributed by atoms with Crippen molar-refractivity contribution < 1.29 is 4.74 Å². The molecule has 0 unspecified atom stereocenters. The van der Waals surface area contributed by atoms with E-state index >= 15 is 0 Å². The minimum atomic E-state index is 0.0137. The molecule has 3 aromatic heterocycles. The highest BCUT2D eigenvalue weighted by molar-refractivity contribution is 7.18. The molecular weight excluding hydrogens is 334 g/mol. The van der Waals surface area contributed by atoms with Crippen LogP contribution < -0.4 is 10.3 Å². The third-order valence-corrected chi connectivity index (χ3v) is 5.39. The Balaban J connectivity index is 1.70. The zero-order valence-corrected chi connectivity index (χ0v) is 15.0. The Labute approximate surface area is 148 Å². The summed E-state index contributed by atoms with van der Waals surface area (Å²) in [6, 6.07) is 9.92. The predicted octanol–water partition coefficient (Wildman–Crippen LogP) is 3.95. The van der Waals surface area contributed by atoms with Crippen LogP contribution in [0.5, 0.6) is 5.75 Å². The van der Waals surface area contributed by atoms with Crippen molar-refractivity contribution in [2.24, 2.45) is 0 Å². The molecule has 0 bridgehead atoms. The number of aromatic nitrogens is 3. The number of benzene rings is 1. The van der Waals surface area contributed by atoms with Crippen LogP contribution in [0.25, 0.3) is 21.1 Å². The fourth-order valence-electron chi connectivity index (χ4n) is 3.06. The van der Waals surface area contributed by atoms with Gasteiger partial charge in [-0.25, -0.2) is 4.98 Å². The fourth-order valence-corrected chi connectivity index (χ4v) is 4.15. The number of thiophene rings is 1. The first kappa shape index (κ1) is 15.9. The van der Waals surface area contributed by atoms with Crippen LogP contribution >= 0.6 is 11.3 Å². The topological polar surface area (TPSA) is 59.9 Å². The zero-order valence-electron chi connectivity index (χ0n) is 14.2. The molecule has 0 spiro atoms. The van der Waals surface area contributed by atoms with Crippen molar-refractivity contribution in [3.63, 3.8) is 0 Å². The Morgan fingerprint density at radius 1 is 1.28 bits per heavy atom. The Hall–Kier alpha value is -2.60. The van der Waals surface area contributed by atoms with Crippen LogP contribution in [-0.4, -0.2) is 21.6 Å². The second-order valence-electron chi connectivity index (χ2n) is 6.11. The number of hydrogen-bond donors (Lipinski definition) is 1. The summed E-state index contributed by atoms with van der Waals surface area (Å²) in [6.07, 6.45) is 3.70. The van der Waals surface area contributed by atoms with E-state index in [0.717, 1.165) is 40.0 Å². The minimum Gasteiger partial charge on any atom is -0.497 e. The maximum absolute atomic E-state index is 12.8. The molecule has 0 radical (unpaired) electrons. The van der Waals surface area contributed by atoms with Gasteiger partial charge in [-0.3, -0.25) is 9.36 Å². The molecule has 3 heterocycles. The number of nitrogens with zero attached hydrogens (tertiary/aromatic N) is 2. The zero-order chi connectivity index (χ0) is 17.4. The largest absolute Gasteiger partial charge is 0.497 e. The van der Waals surface area contributed by atoms with Crippen LogP contribution in [0.15, 0.2) is 41.5 Å². The summed E-state index contributed by atoms with van der Waals surface area (Å²) in [6.45, 7) is 2.61. The third kappa shape index (κ3) is 2.93. The lowest BCUT2D eigenvalue weighted by Gasteiger charge is -2.02. The number of aryl methyl sites for hydroxylation is 1. The molecule has 128 valence electrons. The number of rotatable bonds is 5. The fraction of sp³-hybridized carbons (Fsp3) is 0.263. The number of nitrogens with one attached hydrogen (secondary N) is 1. The number of fused-ring (bicyclic) bond motifs is 2. The van der Waals surface area contributed by atoms with E-state index in [9.17, 15) is 4.79 Å². The number of aromatic amines is 1. The van der Waals surface area contributed by atoms with Crippen molar-refractivity contribution in [3.05, 3.63) is 57.6 Å². The van der Waals surface area contributed by atoms with E-state index in [-0.39, 0.29) is 5.56 Å². The van der Waals surface area contributed by atoms with Crippen molar-refractivity contribution in [2.75, 3.05) is 7.11 Å². The van der Waals surface area contributed by atoms with Crippen molar-refractivity contribution >= 4 is 32.5 Å². The van der Waals surface area contributed by atoms with Crippen LogP contribution in [0.4, 0.5) is 0 Å². The average molecular weight is 353 g/mol. The molecule has 4 aromatic rings. The highest BCUT2D eigenvalue weighted by Gasteiger charge is 2.10. The monoisotopic (exact) mass is 353 g/mol. The molecule has 0 saturated carbocycles. The standard InChI is InChI=1S/C19H19N3O2S/c1-3-4-15-9-16-18(25-15)20-11-22(19(16)23)10-13-7-12-8-14(24-2)5-6-17(12)21-13/h5-9,11,21H,3-4,10H2,1-2H3. The Kier molecular flexibility index (Phi) is 4.05. The smallest absolute Gasteiger partial charge is 0.262 e. The van der Waals surface area contributed by atoms with Crippen LogP contribution in [0.2, 0.25) is 0 Å². The quantitative estimate of drug-likeness (QED) is 0.591. The Morgan fingerprint density at radius 2 is 2.16 bits per heavy atom. The summed E-state index contributed by atoms with van der Waals surface area (Å²) in [5.41, 5.74) is 2.01. The van der Waals surface area contributed by atoms with Gasteiger partial charge in [-0.1, -0.05) is 13.3 Å². The minimum absolute atomic E-state index is 0.0137. The van der Waals surface area contributed by atoms with Crippen LogP contribution in [0.1, 0.15) is 23.9 Å². The summed E-state index contributed by atoms with van der Waals surface area (Å²) < 4.78 is 6.92. The highest BCUT2D eigenvalue weighted by Crippen LogP contribution is 2.23. The van der Waals surface area contributed by atoms with Gasteiger partial charge in [0.1, 0.15) is 10.6 Å². The normalized spacial score (nSPS) is 11.4. The molecular formula is C19H19N3O2S. The molecule has 0 saturated heterocycles. The van der Waals surface area contributed by atoms with Crippen LogP contribution in [-0.2, 0) is 13.0 Å². The van der Waals surface area contributed by atoms with E-state index < -0.39 is 0 Å². The van der Waals surface area contributed by atoms with Gasteiger partial charge in [-0.15, -0.1) is 11.3 Å². The molecule has 0 aliphatic heterocycles. The summed E-state index contributed by atoms with van der Waals surface area (Å²) in [5.74, 6) is 0.819. The molecule has 6 heteroatoms. The second kappa shape index (κ2) is 6.37. The van der Waals surface area contributed by atoms with Gasteiger partial charge in [0.05, 0.1) is 25.4 Å². The Morgan fingerprint density at radius 3 is 2.96 bits per heavy atom. The lowest BCUT2D eigenvalue weighted by atomic mass is 10.2. The van der Waals surface area contributed by atoms with E-state index in [1.807, 2.05) is 30.3 Å². The lowest BCUT2D eigenvalue weighted by molar-refractivity contribution is 0.415. The van der Waals surface area contributed by atoms with Gasteiger partial charge in [0, 0.05) is 21.5 Å². The van der Waals surface area contributed by atoms with Crippen LogP contribution in [0.3, 0.4) is 0 Å². The molecule has 1 aromatic carbocycles.